The maximum Gasteiger partial charge on any atom is 0.315 e. The third kappa shape index (κ3) is 8.59. The van der Waals surface area contributed by atoms with E-state index < -0.39 is 0 Å². The van der Waals surface area contributed by atoms with Crippen LogP contribution in [-0.2, 0) is 17.1 Å². The number of nitrogens with one attached hydrogen (secondary N) is 3. The van der Waals surface area contributed by atoms with Crippen molar-refractivity contribution in [1.29, 1.82) is 0 Å². The van der Waals surface area contributed by atoms with Gasteiger partial charge in [0.25, 0.3) is 0 Å². The second-order valence-corrected chi connectivity index (χ2v) is 6.94. The molecule has 0 saturated heterocycles. The Bertz CT molecular complexity index is 728. The lowest BCUT2D eigenvalue weighted by Crippen LogP contribution is -2.37. The van der Waals surface area contributed by atoms with Crippen LogP contribution in [0, 0.1) is 5.82 Å². The average Bonchev–Trinajstić information content (AvgIpc) is 2.68. The summed E-state index contributed by atoms with van der Waals surface area (Å²) in [5.74, 6) is 0.951. The van der Waals surface area contributed by atoms with E-state index in [1.807, 2.05) is 36.4 Å². The lowest BCUT2D eigenvalue weighted by Gasteiger charge is -2.08. The maximum atomic E-state index is 13.5. The van der Waals surface area contributed by atoms with Gasteiger partial charge in [-0.15, -0.1) is 0 Å². The van der Waals surface area contributed by atoms with Crippen molar-refractivity contribution in [3.8, 4) is 0 Å². The van der Waals surface area contributed by atoms with Crippen LogP contribution in [0.2, 0.25) is 0 Å². The molecule has 2 rings (SSSR count). The second kappa shape index (κ2) is 12.0. The molecule has 0 saturated carbocycles. The first-order valence-electron chi connectivity index (χ1n) is 8.78. The molecule has 0 aliphatic carbocycles. The number of amides is 3. The summed E-state index contributed by atoms with van der Waals surface area (Å²) in [4.78, 5) is 23.4. The van der Waals surface area contributed by atoms with E-state index in [-0.39, 0.29) is 30.7 Å². The normalized spacial score (nSPS) is 10.3. The summed E-state index contributed by atoms with van der Waals surface area (Å²) < 4.78 is 13.5. The predicted molar refractivity (Wildman–Crippen MR) is 107 cm³/mol. The zero-order valence-electron chi connectivity index (χ0n) is 15.0. The van der Waals surface area contributed by atoms with Gasteiger partial charge in [0.1, 0.15) is 5.82 Å². The molecular formula is C20H24FN3O2S. The lowest BCUT2D eigenvalue weighted by molar-refractivity contribution is -0.120. The largest absolute Gasteiger partial charge is 0.355 e. The van der Waals surface area contributed by atoms with Crippen LogP contribution in [0.3, 0.4) is 0 Å². The fraction of sp³-hybridized carbons (Fsp3) is 0.300. The Hall–Kier alpha value is -2.54. The van der Waals surface area contributed by atoms with E-state index >= 15 is 0 Å². The Morgan fingerprint density at radius 1 is 0.889 bits per heavy atom. The molecule has 2 aromatic carbocycles. The molecule has 0 spiro atoms. The topological polar surface area (TPSA) is 70.2 Å². The number of hydrogen-bond acceptors (Lipinski definition) is 3. The standard InChI is InChI=1S/C20H24FN3O2S/c21-18-9-5-4-8-17(18)15-27-13-12-22-19(25)10-11-23-20(26)24-14-16-6-2-1-3-7-16/h1-9H,10-15H2,(H,22,25)(H2,23,24,26). The third-order valence-corrected chi connectivity index (χ3v) is 4.73. The Balaban J connectivity index is 1.48. The molecule has 144 valence electrons. The smallest absolute Gasteiger partial charge is 0.315 e. The van der Waals surface area contributed by atoms with Crippen molar-refractivity contribution in [3.05, 3.63) is 71.5 Å². The number of halogens is 1. The first-order valence-corrected chi connectivity index (χ1v) is 9.94. The van der Waals surface area contributed by atoms with E-state index in [0.29, 0.717) is 30.2 Å². The van der Waals surface area contributed by atoms with E-state index in [0.717, 1.165) is 5.56 Å². The zero-order chi connectivity index (χ0) is 19.3. The van der Waals surface area contributed by atoms with Crippen LogP contribution in [0.4, 0.5) is 9.18 Å². The summed E-state index contributed by atoms with van der Waals surface area (Å²) in [5, 5.41) is 8.18. The maximum absolute atomic E-state index is 13.5. The highest BCUT2D eigenvalue weighted by molar-refractivity contribution is 7.98. The number of rotatable bonds is 10. The molecule has 2 aromatic rings. The van der Waals surface area contributed by atoms with Gasteiger partial charge in [0.15, 0.2) is 0 Å². The van der Waals surface area contributed by atoms with Crippen LogP contribution < -0.4 is 16.0 Å². The molecule has 3 N–H and O–H groups in total. The Morgan fingerprint density at radius 2 is 1.63 bits per heavy atom. The van der Waals surface area contributed by atoms with Gasteiger partial charge in [-0.25, -0.2) is 9.18 Å². The van der Waals surface area contributed by atoms with Crippen molar-refractivity contribution in [2.75, 3.05) is 18.8 Å². The number of urea groups is 1. The number of carbonyl (C=O) groups excluding carboxylic acids is 2. The summed E-state index contributed by atoms with van der Waals surface area (Å²) >= 11 is 1.56. The minimum atomic E-state index is -0.299. The molecule has 0 heterocycles. The first-order chi connectivity index (χ1) is 13.1. The molecular weight excluding hydrogens is 365 g/mol. The monoisotopic (exact) mass is 389 g/mol. The van der Waals surface area contributed by atoms with E-state index in [4.69, 9.17) is 0 Å². The quantitative estimate of drug-likeness (QED) is 0.547. The molecule has 0 fully saturated rings. The summed E-state index contributed by atoms with van der Waals surface area (Å²) in [6.45, 7) is 1.23. The fourth-order valence-electron chi connectivity index (χ4n) is 2.28. The molecule has 3 amide bonds. The molecule has 0 unspecified atom stereocenters. The van der Waals surface area contributed by atoms with E-state index in [1.165, 1.54) is 6.07 Å². The predicted octanol–water partition coefficient (Wildman–Crippen LogP) is 3.06. The van der Waals surface area contributed by atoms with Crippen LogP contribution >= 0.6 is 11.8 Å². The molecule has 7 heteroatoms. The van der Waals surface area contributed by atoms with Gasteiger partial charge in [0.2, 0.25) is 5.91 Å². The number of carbonyl (C=O) groups is 2. The van der Waals surface area contributed by atoms with Crippen molar-refractivity contribution in [3.63, 3.8) is 0 Å². The Morgan fingerprint density at radius 3 is 2.41 bits per heavy atom. The highest BCUT2D eigenvalue weighted by atomic mass is 32.2. The first kappa shape index (κ1) is 20.8. The molecule has 0 aliphatic rings. The van der Waals surface area contributed by atoms with Crippen LogP contribution in [0.25, 0.3) is 0 Å². The van der Waals surface area contributed by atoms with Crippen molar-refractivity contribution in [2.45, 2.75) is 18.7 Å². The fourth-order valence-corrected chi connectivity index (χ4v) is 3.12. The zero-order valence-corrected chi connectivity index (χ0v) is 15.9. The van der Waals surface area contributed by atoms with Crippen LogP contribution in [0.1, 0.15) is 17.5 Å². The molecule has 0 aromatic heterocycles. The highest BCUT2D eigenvalue weighted by Crippen LogP contribution is 2.14. The minimum absolute atomic E-state index is 0.121. The van der Waals surface area contributed by atoms with Crippen molar-refractivity contribution in [1.82, 2.24) is 16.0 Å². The molecule has 0 atom stereocenters. The van der Waals surface area contributed by atoms with Gasteiger partial charge in [-0.1, -0.05) is 48.5 Å². The Kier molecular flexibility index (Phi) is 9.20. The SMILES string of the molecule is O=C(CCNC(=O)NCc1ccccc1)NCCSCc1ccccc1F. The lowest BCUT2D eigenvalue weighted by atomic mass is 10.2. The van der Waals surface area contributed by atoms with Gasteiger partial charge >= 0.3 is 6.03 Å². The summed E-state index contributed by atoms with van der Waals surface area (Å²) in [6, 6.07) is 16.0. The Labute approximate surface area is 163 Å². The summed E-state index contributed by atoms with van der Waals surface area (Å²) in [7, 11) is 0. The molecule has 0 aliphatic heterocycles. The van der Waals surface area contributed by atoms with Gasteiger partial charge in [0, 0.05) is 37.6 Å². The van der Waals surface area contributed by atoms with Crippen LogP contribution in [0.15, 0.2) is 54.6 Å². The van der Waals surface area contributed by atoms with Gasteiger partial charge in [-0.3, -0.25) is 4.79 Å². The minimum Gasteiger partial charge on any atom is -0.355 e. The number of hydrogen-bond donors (Lipinski definition) is 3. The number of thioether (sulfide) groups is 1. The van der Waals surface area contributed by atoms with Gasteiger partial charge in [0.05, 0.1) is 0 Å². The third-order valence-electron chi connectivity index (χ3n) is 3.72. The van der Waals surface area contributed by atoms with Crippen LogP contribution in [-0.4, -0.2) is 30.8 Å². The van der Waals surface area contributed by atoms with E-state index in [9.17, 15) is 14.0 Å². The van der Waals surface area contributed by atoms with Crippen molar-refractivity contribution in [2.24, 2.45) is 0 Å². The van der Waals surface area contributed by atoms with Crippen LogP contribution in [0.5, 0.6) is 0 Å². The number of benzene rings is 2. The van der Waals surface area contributed by atoms with Gasteiger partial charge < -0.3 is 16.0 Å². The van der Waals surface area contributed by atoms with Crippen molar-refractivity contribution < 1.29 is 14.0 Å². The van der Waals surface area contributed by atoms with E-state index in [1.54, 1.807) is 23.9 Å². The second-order valence-electron chi connectivity index (χ2n) is 5.84. The molecule has 5 nitrogen and oxygen atoms in total. The van der Waals surface area contributed by atoms with Crippen molar-refractivity contribution >= 4 is 23.7 Å². The highest BCUT2D eigenvalue weighted by Gasteiger charge is 2.04. The average molecular weight is 389 g/mol. The summed E-state index contributed by atoms with van der Waals surface area (Å²) in [6.07, 6.45) is 0.219. The van der Waals surface area contributed by atoms with Gasteiger partial charge in [-0.05, 0) is 17.2 Å². The summed E-state index contributed by atoms with van der Waals surface area (Å²) in [5.41, 5.74) is 1.68. The molecule has 0 radical (unpaired) electrons. The molecule has 0 bridgehead atoms. The molecule has 27 heavy (non-hydrogen) atoms. The van der Waals surface area contributed by atoms with Gasteiger partial charge in [-0.2, -0.15) is 11.8 Å². The van der Waals surface area contributed by atoms with E-state index in [2.05, 4.69) is 16.0 Å².